The molecule has 0 saturated carbocycles. The Balaban J connectivity index is 2.75. The zero-order valence-electron chi connectivity index (χ0n) is 19.2. The quantitative estimate of drug-likeness (QED) is 0.527. The molecular weight excluding hydrogens is 368 g/mol. The molecule has 1 atom stereocenters. The number of hydrogen-bond acceptors (Lipinski definition) is 3. The molecule has 3 N–H and O–H groups in total. The van der Waals surface area contributed by atoms with Gasteiger partial charge >= 0.3 is 6.09 Å². The Morgan fingerprint density at radius 1 is 1.14 bits per heavy atom. The van der Waals surface area contributed by atoms with Crippen molar-refractivity contribution in [2.45, 2.75) is 84.7 Å². The molecule has 28 heavy (non-hydrogen) atoms. The van der Waals surface area contributed by atoms with E-state index in [-0.39, 0.29) is 23.1 Å². The number of aryl methyl sites for hydroxylation is 1. The number of rotatable bonds is 8. The molecule has 0 aromatic heterocycles. The van der Waals surface area contributed by atoms with Gasteiger partial charge < -0.3 is 20.2 Å². The van der Waals surface area contributed by atoms with Crippen molar-refractivity contribution in [2.75, 3.05) is 13.1 Å². The second-order valence-electron chi connectivity index (χ2n) is 10.2. The standard InChI is InChI=1S/C22H40N2O3Si/c1-16-12-17(10-11-19(16)21(2,3)4)13-23-14-18(15-24-20(25)26)27-28(8,9)22(5,6)7/h10-12,18,23-24H,13-15H2,1-9H3,(H,25,26). The van der Waals surface area contributed by atoms with Gasteiger partial charge in [-0.3, -0.25) is 0 Å². The summed E-state index contributed by atoms with van der Waals surface area (Å²) in [5, 5.41) is 15.0. The molecule has 5 nitrogen and oxygen atoms in total. The van der Waals surface area contributed by atoms with E-state index in [2.05, 4.69) is 90.4 Å². The van der Waals surface area contributed by atoms with Gasteiger partial charge in [-0.1, -0.05) is 59.7 Å². The summed E-state index contributed by atoms with van der Waals surface area (Å²) in [5.74, 6) is 0. The van der Waals surface area contributed by atoms with Crippen molar-refractivity contribution in [2.24, 2.45) is 0 Å². The molecule has 0 spiro atoms. The van der Waals surface area contributed by atoms with Gasteiger partial charge in [0.25, 0.3) is 0 Å². The number of amides is 1. The van der Waals surface area contributed by atoms with Gasteiger partial charge in [-0.25, -0.2) is 4.79 Å². The van der Waals surface area contributed by atoms with Gasteiger partial charge in [0, 0.05) is 19.6 Å². The lowest BCUT2D eigenvalue weighted by molar-refractivity contribution is 0.159. The lowest BCUT2D eigenvalue weighted by Gasteiger charge is -2.39. The van der Waals surface area contributed by atoms with Crippen LogP contribution in [0.2, 0.25) is 18.1 Å². The normalized spacial score (nSPS) is 14.0. The molecular formula is C22H40N2O3Si. The van der Waals surface area contributed by atoms with Crippen LogP contribution in [0, 0.1) is 6.92 Å². The van der Waals surface area contributed by atoms with E-state index < -0.39 is 14.4 Å². The summed E-state index contributed by atoms with van der Waals surface area (Å²) in [7, 11) is -1.98. The van der Waals surface area contributed by atoms with Crippen molar-refractivity contribution in [1.29, 1.82) is 0 Å². The third-order valence-corrected chi connectivity index (χ3v) is 10.1. The van der Waals surface area contributed by atoms with Crippen LogP contribution in [0.5, 0.6) is 0 Å². The number of carbonyl (C=O) groups is 1. The highest BCUT2D eigenvalue weighted by Crippen LogP contribution is 2.37. The maximum Gasteiger partial charge on any atom is 0.404 e. The van der Waals surface area contributed by atoms with Gasteiger partial charge in [0.05, 0.1) is 6.10 Å². The number of nitrogens with one attached hydrogen (secondary N) is 2. The topological polar surface area (TPSA) is 70.6 Å². The Kier molecular flexibility index (Phi) is 8.29. The first-order chi connectivity index (χ1) is 12.6. The molecule has 160 valence electrons. The van der Waals surface area contributed by atoms with Crippen LogP contribution >= 0.6 is 0 Å². The minimum atomic E-state index is -1.98. The van der Waals surface area contributed by atoms with Crippen LogP contribution in [-0.2, 0) is 16.4 Å². The second kappa shape index (κ2) is 9.42. The maximum absolute atomic E-state index is 10.9. The molecule has 0 fully saturated rings. The first kappa shape index (κ1) is 24.7. The molecule has 1 amide bonds. The molecule has 6 heteroatoms. The van der Waals surface area contributed by atoms with E-state index in [9.17, 15) is 4.79 Å². The van der Waals surface area contributed by atoms with Gasteiger partial charge in [0.15, 0.2) is 8.32 Å². The first-order valence-corrected chi connectivity index (χ1v) is 13.0. The summed E-state index contributed by atoms with van der Waals surface area (Å²) in [4.78, 5) is 10.9. The van der Waals surface area contributed by atoms with E-state index in [1.807, 2.05) is 0 Å². The molecule has 0 bridgehead atoms. The third-order valence-electron chi connectivity index (χ3n) is 5.55. The monoisotopic (exact) mass is 408 g/mol. The smallest absolute Gasteiger partial charge is 0.404 e. The van der Waals surface area contributed by atoms with E-state index in [1.54, 1.807) is 0 Å². The summed E-state index contributed by atoms with van der Waals surface area (Å²) in [6.45, 7) is 21.4. The first-order valence-electron chi connectivity index (χ1n) is 10.1. The summed E-state index contributed by atoms with van der Waals surface area (Å²) in [5.41, 5.74) is 4.03. The van der Waals surface area contributed by atoms with Gasteiger partial charge in [-0.05, 0) is 47.2 Å². The number of hydrogen-bond donors (Lipinski definition) is 3. The van der Waals surface area contributed by atoms with Gasteiger partial charge in [-0.15, -0.1) is 0 Å². The zero-order valence-corrected chi connectivity index (χ0v) is 20.2. The molecule has 1 aromatic carbocycles. The summed E-state index contributed by atoms with van der Waals surface area (Å²) >= 11 is 0. The van der Waals surface area contributed by atoms with E-state index in [1.165, 1.54) is 16.7 Å². The highest BCUT2D eigenvalue weighted by molar-refractivity contribution is 6.74. The summed E-state index contributed by atoms with van der Waals surface area (Å²) in [6.07, 6.45) is -1.20. The fourth-order valence-electron chi connectivity index (χ4n) is 3.00. The lowest BCUT2D eigenvalue weighted by Crippen LogP contribution is -2.49. The summed E-state index contributed by atoms with van der Waals surface area (Å²) in [6, 6.07) is 6.61. The predicted molar refractivity (Wildman–Crippen MR) is 120 cm³/mol. The van der Waals surface area contributed by atoms with Crippen LogP contribution in [0.3, 0.4) is 0 Å². The van der Waals surface area contributed by atoms with Crippen LogP contribution in [-0.4, -0.2) is 38.7 Å². The lowest BCUT2D eigenvalue weighted by atomic mass is 9.83. The largest absolute Gasteiger partial charge is 0.465 e. The Morgan fingerprint density at radius 2 is 1.75 bits per heavy atom. The van der Waals surface area contributed by atoms with E-state index in [0.717, 1.165) is 6.54 Å². The van der Waals surface area contributed by atoms with Crippen LogP contribution < -0.4 is 10.6 Å². The average Bonchev–Trinajstić information content (AvgIpc) is 2.49. The average molecular weight is 409 g/mol. The molecule has 0 heterocycles. The predicted octanol–water partition coefficient (Wildman–Crippen LogP) is 5.04. The van der Waals surface area contributed by atoms with Gasteiger partial charge in [0.2, 0.25) is 0 Å². The fraction of sp³-hybridized carbons (Fsp3) is 0.682. The Hall–Kier alpha value is -1.37. The molecule has 0 aliphatic heterocycles. The van der Waals surface area contributed by atoms with Crippen molar-refractivity contribution < 1.29 is 14.3 Å². The third kappa shape index (κ3) is 7.57. The van der Waals surface area contributed by atoms with Crippen molar-refractivity contribution in [1.82, 2.24) is 10.6 Å². The van der Waals surface area contributed by atoms with Gasteiger partial charge in [-0.2, -0.15) is 0 Å². The van der Waals surface area contributed by atoms with E-state index in [4.69, 9.17) is 9.53 Å². The molecule has 0 saturated heterocycles. The molecule has 0 aliphatic carbocycles. The Morgan fingerprint density at radius 3 is 2.21 bits per heavy atom. The minimum Gasteiger partial charge on any atom is -0.465 e. The number of benzene rings is 1. The molecule has 0 radical (unpaired) electrons. The van der Waals surface area contributed by atoms with Crippen LogP contribution in [0.25, 0.3) is 0 Å². The van der Waals surface area contributed by atoms with Crippen LogP contribution in [0.1, 0.15) is 58.2 Å². The van der Waals surface area contributed by atoms with Crippen LogP contribution in [0.15, 0.2) is 18.2 Å². The molecule has 1 aromatic rings. The highest BCUT2D eigenvalue weighted by Gasteiger charge is 2.39. The molecule has 0 aliphatic rings. The Labute approximate surface area is 172 Å². The zero-order chi connectivity index (χ0) is 21.8. The van der Waals surface area contributed by atoms with Crippen LogP contribution in [0.4, 0.5) is 4.79 Å². The minimum absolute atomic E-state index is 0.0778. The highest BCUT2D eigenvalue weighted by atomic mass is 28.4. The fourth-order valence-corrected chi connectivity index (χ4v) is 4.36. The SMILES string of the molecule is Cc1cc(CNCC(CNC(=O)O)O[Si](C)(C)C(C)(C)C)ccc1C(C)(C)C. The van der Waals surface area contributed by atoms with Crippen molar-refractivity contribution >= 4 is 14.4 Å². The Bertz CT molecular complexity index is 661. The second-order valence-corrected chi connectivity index (χ2v) is 15.0. The van der Waals surface area contributed by atoms with Gasteiger partial charge in [0.1, 0.15) is 0 Å². The molecule has 1 unspecified atom stereocenters. The van der Waals surface area contributed by atoms with Crippen molar-refractivity contribution in [3.8, 4) is 0 Å². The van der Waals surface area contributed by atoms with Crippen molar-refractivity contribution in [3.05, 3.63) is 34.9 Å². The molecule has 1 rings (SSSR count). The maximum atomic E-state index is 10.9. The van der Waals surface area contributed by atoms with E-state index in [0.29, 0.717) is 6.54 Å². The number of carboxylic acid groups (broad SMARTS) is 1. The van der Waals surface area contributed by atoms with Crippen molar-refractivity contribution in [3.63, 3.8) is 0 Å². The summed E-state index contributed by atoms with van der Waals surface area (Å²) < 4.78 is 6.43. The van der Waals surface area contributed by atoms with E-state index >= 15 is 0 Å².